The summed E-state index contributed by atoms with van der Waals surface area (Å²) in [5.74, 6) is 1.98. The molecule has 0 unspecified atom stereocenters. The molecular weight excluding hydrogens is 655 g/mol. The number of hydrogen-bond acceptors (Lipinski definition) is 3. The molecule has 1 heterocycles. The maximum Gasteiger partial charge on any atom is 0.164 e. The minimum Gasteiger partial charge on any atom is -0.208 e. The Morgan fingerprint density at radius 1 is 0.296 bits per heavy atom. The first kappa shape index (κ1) is 32.2. The highest BCUT2D eigenvalue weighted by Crippen LogP contribution is 2.56. The molecule has 0 N–H and O–H groups in total. The van der Waals surface area contributed by atoms with Crippen molar-refractivity contribution in [2.75, 3.05) is 0 Å². The smallest absolute Gasteiger partial charge is 0.164 e. The molecule has 0 radical (unpaired) electrons. The number of aromatic nitrogens is 3. The van der Waals surface area contributed by atoms with E-state index in [4.69, 9.17) is 15.0 Å². The van der Waals surface area contributed by atoms with Crippen LogP contribution in [-0.2, 0) is 5.41 Å². The Hall–Kier alpha value is -6.45. The Balaban J connectivity index is 0.953. The van der Waals surface area contributed by atoms with Crippen LogP contribution in [0.1, 0.15) is 43.2 Å². The van der Waals surface area contributed by atoms with Crippen LogP contribution in [0.4, 0.5) is 0 Å². The molecule has 0 saturated heterocycles. The Labute approximate surface area is 317 Å². The van der Waals surface area contributed by atoms with Crippen LogP contribution in [0.25, 0.3) is 78.7 Å². The summed E-state index contributed by atoms with van der Waals surface area (Å²) in [6.45, 7) is 0. The molecule has 1 aromatic heterocycles. The highest BCUT2D eigenvalue weighted by Gasteiger charge is 2.43. The van der Waals surface area contributed by atoms with Crippen molar-refractivity contribution in [1.29, 1.82) is 0 Å². The maximum atomic E-state index is 4.95. The van der Waals surface area contributed by atoms with Crippen LogP contribution < -0.4 is 0 Å². The van der Waals surface area contributed by atoms with Crippen molar-refractivity contribution in [2.45, 2.75) is 37.5 Å². The monoisotopic (exact) mass is 693 g/mol. The van der Waals surface area contributed by atoms with E-state index in [1.165, 1.54) is 71.0 Å². The molecule has 1 spiro atoms. The van der Waals surface area contributed by atoms with E-state index in [9.17, 15) is 0 Å². The molecule has 0 aliphatic heterocycles. The van der Waals surface area contributed by atoms with Gasteiger partial charge in [0.1, 0.15) is 0 Å². The van der Waals surface area contributed by atoms with Crippen molar-refractivity contribution in [3.63, 3.8) is 0 Å². The molecule has 10 rings (SSSR count). The molecular formula is C51H39N3. The van der Waals surface area contributed by atoms with E-state index < -0.39 is 0 Å². The number of hydrogen-bond donors (Lipinski definition) is 0. The van der Waals surface area contributed by atoms with Crippen molar-refractivity contribution in [2.24, 2.45) is 0 Å². The van der Waals surface area contributed by atoms with Crippen LogP contribution in [0.3, 0.4) is 0 Å². The number of fused-ring (bicyclic) bond motifs is 5. The average Bonchev–Trinajstić information content (AvgIpc) is 3.52. The van der Waals surface area contributed by atoms with Crippen LogP contribution in [0.2, 0.25) is 0 Å². The van der Waals surface area contributed by atoms with Crippen molar-refractivity contribution < 1.29 is 0 Å². The van der Waals surface area contributed by atoms with Gasteiger partial charge in [0, 0.05) is 22.1 Å². The van der Waals surface area contributed by atoms with E-state index in [-0.39, 0.29) is 5.41 Å². The van der Waals surface area contributed by atoms with Crippen LogP contribution >= 0.6 is 0 Å². The van der Waals surface area contributed by atoms with Gasteiger partial charge in [0.15, 0.2) is 17.5 Å². The first-order valence-corrected chi connectivity index (χ1v) is 19.1. The van der Waals surface area contributed by atoms with Gasteiger partial charge in [0.05, 0.1) is 0 Å². The lowest BCUT2D eigenvalue weighted by atomic mass is 9.68. The van der Waals surface area contributed by atoms with E-state index in [0.29, 0.717) is 17.5 Å². The van der Waals surface area contributed by atoms with E-state index in [2.05, 4.69) is 115 Å². The molecule has 1 fully saturated rings. The van der Waals surface area contributed by atoms with Crippen molar-refractivity contribution >= 4 is 0 Å². The fourth-order valence-electron chi connectivity index (χ4n) is 8.85. The Morgan fingerprint density at radius 2 is 0.722 bits per heavy atom. The van der Waals surface area contributed by atoms with Gasteiger partial charge in [-0.05, 0) is 86.7 Å². The summed E-state index contributed by atoms with van der Waals surface area (Å²) in [6.07, 6.45) is 6.49. The SMILES string of the molecule is c1ccc(-c2nc(-c3ccccc3)nc(-c3cccc(-c4ccc(-c5cccc(-c6ccc7c(c6)-c6ccccc6C76CCCCC6)c5)cc4)c3)n2)cc1. The summed E-state index contributed by atoms with van der Waals surface area (Å²) in [5, 5.41) is 0. The zero-order chi connectivity index (χ0) is 35.9. The van der Waals surface area contributed by atoms with E-state index in [1.807, 2.05) is 60.7 Å². The van der Waals surface area contributed by atoms with Crippen molar-refractivity contribution in [3.05, 3.63) is 187 Å². The number of nitrogens with zero attached hydrogens (tertiary/aromatic N) is 3. The molecule has 0 atom stereocenters. The summed E-state index contributed by atoms with van der Waals surface area (Å²) in [6, 6.07) is 63.0. The zero-order valence-corrected chi connectivity index (χ0v) is 30.1. The lowest BCUT2D eigenvalue weighted by Gasteiger charge is -2.36. The molecule has 3 heteroatoms. The van der Waals surface area contributed by atoms with Gasteiger partial charge in [-0.15, -0.1) is 0 Å². The van der Waals surface area contributed by atoms with Crippen LogP contribution in [0, 0.1) is 0 Å². The summed E-state index contributed by atoms with van der Waals surface area (Å²) < 4.78 is 0. The van der Waals surface area contributed by atoms with Gasteiger partial charge in [-0.1, -0.05) is 177 Å². The Morgan fingerprint density at radius 3 is 1.33 bits per heavy atom. The minimum absolute atomic E-state index is 0.188. The first-order valence-electron chi connectivity index (χ1n) is 19.1. The zero-order valence-electron chi connectivity index (χ0n) is 30.1. The van der Waals surface area contributed by atoms with Crippen LogP contribution in [0.15, 0.2) is 176 Å². The first-order chi connectivity index (χ1) is 26.7. The Bertz CT molecular complexity index is 2560. The molecule has 2 aliphatic rings. The number of benzene rings is 7. The summed E-state index contributed by atoms with van der Waals surface area (Å²) >= 11 is 0. The normalized spacial score (nSPS) is 14.1. The van der Waals surface area contributed by atoms with Crippen molar-refractivity contribution in [3.8, 4) is 78.7 Å². The molecule has 54 heavy (non-hydrogen) atoms. The van der Waals surface area contributed by atoms with Gasteiger partial charge < -0.3 is 0 Å². The fraction of sp³-hybridized carbons (Fsp3) is 0.118. The third kappa shape index (κ3) is 5.74. The molecule has 1 saturated carbocycles. The van der Waals surface area contributed by atoms with Gasteiger partial charge >= 0.3 is 0 Å². The predicted molar refractivity (Wildman–Crippen MR) is 222 cm³/mol. The van der Waals surface area contributed by atoms with Gasteiger partial charge in [-0.3, -0.25) is 0 Å². The topological polar surface area (TPSA) is 38.7 Å². The Kier molecular flexibility index (Phi) is 8.06. The quantitative estimate of drug-likeness (QED) is 0.174. The average molecular weight is 694 g/mol. The molecule has 7 aromatic carbocycles. The second kappa shape index (κ2) is 13.5. The minimum atomic E-state index is 0.188. The lowest BCUT2D eigenvalue weighted by molar-refractivity contribution is 0.353. The second-order valence-electron chi connectivity index (χ2n) is 14.7. The molecule has 0 bridgehead atoms. The van der Waals surface area contributed by atoms with Crippen LogP contribution in [0.5, 0.6) is 0 Å². The second-order valence-corrected chi connectivity index (χ2v) is 14.7. The molecule has 3 nitrogen and oxygen atoms in total. The summed E-state index contributed by atoms with van der Waals surface area (Å²) in [5.41, 5.74) is 16.2. The lowest BCUT2D eigenvalue weighted by Crippen LogP contribution is -2.27. The molecule has 258 valence electrons. The van der Waals surface area contributed by atoms with Gasteiger partial charge in [0.25, 0.3) is 0 Å². The van der Waals surface area contributed by atoms with E-state index >= 15 is 0 Å². The third-order valence-corrected chi connectivity index (χ3v) is 11.5. The van der Waals surface area contributed by atoms with Crippen molar-refractivity contribution in [1.82, 2.24) is 15.0 Å². The van der Waals surface area contributed by atoms with E-state index in [1.54, 1.807) is 5.56 Å². The summed E-state index contributed by atoms with van der Waals surface area (Å²) in [4.78, 5) is 14.8. The third-order valence-electron chi connectivity index (χ3n) is 11.5. The largest absolute Gasteiger partial charge is 0.208 e. The van der Waals surface area contributed by atoms with E-state index in [0.717, 1.165) is 27.8 Å². The number of rotatable bonds is 6. The highest BCUT2D eigenvalue weighted by molar-refractivity contribution is 5.86. The van der Waals surface area contributed by atoms with Crippen LogP contribution in [-0.4, -0.2) is 15.0 Å². The molecule has 2 aliphatic carbocycles. The summed E-state index contributed by atoms with van der Waals surface area (Å²) in [7, 11) is 0. The van der Waals surface area contributed by atoms with Gasteiger partial charge in [-0.2, -0.15) is 0 Å². The predicted octanol–water partition coefficient (Wildman–Crippen LogP) is 13.1. The fourth-order valence-corrected chi connectivity index (χ4v) is 8.85. The van der Waals surface area contributed by atoms with Gasteiger partial charge in [0.2, 0.25) is 0 Å². The van der Waals surface area contributed by atoms with Gasteiger partial charge in [-0.25, -0.2) is 15.0 Å². The molecule has 0 amide bonds. The highest BCUT2D eigenvalue weighted by atomic mass is 15.0. The maximum absolute atomic E-state index is 4.95. The molecule has 8 aromatic rings. The standard InChI is InChI=1S/C51H39N3/c1-4-14-37(15-5-1)48-52-49(38-16-6-2-7-17-38)54-50(53-48)43-21-13-19-40(33-43)36-26-24-35(25-27-36)39-18-12-20-41(32-39)42-28-29-47-45(34-42)44-22-8-9-23-46(44)51(47)30-10-3-11-31-51/h1-2,4-9,12-29,32-34H,3,10-11,30-31H2.